The van der Waals surface area contributed by atoms with Gasteiger partial charge in [0.25, 0.3) is 0 Å². The van der Waals surface area contributed by atoms with E-state index in [1.807, 2.05) is 0 Å². The SMILES string of the molecule is CN(C)c1nc2c(s1)CCN(C)C2C(F)(F)F. The van der Waals surface area contributed by atoms with Gasteiger partial charge in [-0.2, -0.15) is 13.2 Å². The van der Waals surface area contributed by atoms with Crippen LogP contribution in [0.25, 0.3) is 0 Å². The molecule has 7 heteroatoms. The summed E-state index contributed by atoms with van der Waals surface area (Å²) in [5.41, 5.74) is 0.181. The van der Waals surface area contributed by atoms with E-state index in [2.05, 4.69) is 4.98 Å². The summed E-state index contributed by atoms with van der Waals surface area (Å²) in [4.78, 5) is 7.96. The third kappa shape index (κ3) is 2.26. The Bertz CT molecular complexity index is 413. The molecule has 0 saturated carbocycles. The minimum atomic E-state index is -4.26. The molecule has 1 aromatic heterocycles. The van der Waals surface area contributed by atoms with Crippen molar-refractivity contribution in [3.8, 4) is 0 Å². The van der Waals surface area contributed by atoms with E-state index in [-0.39, 0.29) is 5.69 Å². The molecule has 0 N–H and O–H groups in total. The van der Waals surface area contributed by atoms with Crippen molar-refractivity contribution in [3.05, 3.63) is 10.6 Å². The van der Waals surface area contributed by atoms with E-state index in [1.165, 1.54) is 23.3 Å². The lowest BCUT2D eigenvalue weighted by Crippen LogP contribution is -2.40. The van der Waals surface area contributed by atoms with Crippen LogP contribution in [-0.4, -0.2) is 43.7 Å². The van der Waals surface area contributed by atoms with Gasteiger partial charge in [0.2, 0.25) is 0 Å². The predicted octanol–water partition coefficient (Wildman–Crippen LogP) is 2.30. The van der Waals surface area contributed by atoms with Gasteiger partial charge in [0, 0.05) is 25.5 Å². The zero-order valence-corrected chi connectivity index (χ0v) is 10.7. The normalized spacial score (nSPS) is 21.4. The molecule has 0 aliphatic carbocycles. The number of thiazole rings is 1. The molecule has 0 amide bonds. The summed E-state index contributed by atoms with van der Waals surface area (Å²) < 4.78 is 39.0. The van der Waals surface area contributed by atoms with Crippen LogP contribution in [0, 0.1) is 0 Å². The maximum Gasteiger partial charge on any atom is 0.409 e. The fraction of sp³-hybridized carbons (Fsp3) is 0.700. The Morgan fingerprint density at radius 1 is 1.41 bits per heavy atom. The molecule has 0 radical (unpaired) electrons. The van der Waals surface area contributed by atoms with Crippen LogP contribution >= 0.6 is 11.3 Å². The quantitative estimate of drug-likeness (QED) is 0.776. The van der Waals surface area contributed by atoms with Gasteiger partial charge >= 0.3 is 6.18 Å². The van der Waals surface area contributed by atoms with E-state index in [0.29, 0.717) is 18.1 Å². The number of rotatable bonds is 1. The van der Waals surface area contributed by atoms with Gasteiger partial charge in [-0.1, -0.05) is 0 Å². The summed E-state index contributed by atoms with van der Waals surface area (Å²) >= 11 is 1.35. The molecule has 2 rings (SSSR count). The summed E-state index contributed by atoms with van der Waals surface area (Å²) in [5, 5.41) is 0.638. The number of hydrogen-bond donors (Lipinski definition) is 0. The second-order valence-electron chi connectivity index (χ2n) is 4.37. The van der Waals surface area contributed by atoms with Crippen LogP contribution in [-0.2, 0) is 6.42 Å². The van der Waals surface area contributed by atoms with E-state index in [1.54, 1.807) is 19.0 Å². The number of likely N-dealkylation sites (N-methyl/N-ethyl adjacent to an activating group) is 1. The molecule has 0 aromatic carbocycles. The van der Waals surface area contributed by atoms with Crippen molar-refractivity contribution in [1.82, 2.24) is 9.88 Å². The molecule has 0 fully saturated rings. The van der Waals surface area contributed by atoms with Crippen molar-refractivity contribution < 1.29 is 13.2 Å². The second kappa shape index (κ2) is 4.13. The molecule has 2 heterocycles. The maximum absolute atomic E-state index is 13.0. The lowest BCUT2D eigenvalue weighted by Gasteiger charge is -2.32. The van der Waals surface area contributed by atoms with Gasteiger partial charge < -0.3 is 4.90 Å². The zero-order valence-electron chi connectivity index (χ0n) is 9.88. The predicted molar refractivity (Wildman–Crippen MR) is 61.6 cm³/mol. The molecule has 1 aliphatic heterocycles. The minimum Gasteiger partial charge on any atom is -0.354 e. The number of anilines is 1. The van der Waals surface area contributed by atoms with Gasteiger partial charge in [-0.15, -0.1) is 11.3 Å². The van der Waals surface area contributed by atoms with Crippen molar-refractivity contribution in [2.75, 3.05) is 32.6 Å². The van der Waals surface area contributed by atoms with Crippen LogP contribution in [0.4, 0.5) is 18.3 Å². The molecule has 0 spiro atoms. The minimum absolute atomic E-state index is 0.181. The van der Waals surface area contributed by atoms with Crippen LogP contribution in [0.3, 0.4) is 0 Å². The third-order valence-electron chi connectivity index (χ3n) is 2.80. The van der Waals surface area contributed by atoms with Gasteiger partial charge in [-0.05, 0) is 13.5 Å². The first-order valence-electron chi connectivity index (χ1n) is 5.24. The van der Waals surface area contributed by atoms with Gasteiger partial charge in [0.05, 0.1) is 5.69 Å². The van der Waals surface area contributed by atoms with E-state index in [0.717, 1.165) is 4.88 Å². The average Bonchev–Trinajstić information content (AvgIpc) is 2.58. The van der Waals surface area contributed by atoms with E-state index in [4.69, 9.17) is 0 Å². The average molecular weight is 265 g/mol. The highest BCUT2D eigenvalue weighted by molar-refractivity contribution is 7.15. The lowest BCUT2D eigenvalue weighted by atomic mass is 10.1. The Kier molecular flexibility index (Phi) is 3.07. The molecule has 96 valence electrons. The maximum atomic E-state index is 13.0. The third-order valence-corrected chi connectivity index (χ3v) is 4.10. The second-order valence-corrected chi connectivity index (χ2v) is 5.44. The molecule has 17 heavy (non-hydrogen) atoms. The summed E-state index contributed by atoms with van der Waals surface area (Å²) in [5.74, 6) is 0. The van der Waals surface area contributed by atoms with E-state index < -0.39 is 12.2 Å². The highest BCUT2D eigenvalue weighted by atomic mass is 32.1. The highest BCUT2D eigenvalue weighted by Gasteiger charge is 2.47. The lowest BCUT2D eigenvalue weighted by molar-refractivity contribution is -0.185. The van der Waals surface area contributed by atoms with E-state index in [9.17, 15) is 13.2 Å². The topological polar surface area (TPSA) is 19.4 Å². The van der Waals surface area contributed by atoms with Crippen LogP contribution in [0.1, 0.15) is 16.6 Å². The van der Waals surface area contributed by atoms with Crippen molar-refractivity contribution in [2.45, 2.75) is 18.6 Å². The van der Waals surface area contributed by atoms with Crippen LogP contribution in [0.2, 0.25) is 0 Å². The number of nitrogens with zero attached hydrogens (tertiary/aromatic N) is 3. The standard InChI is InChI=1S/C10H14F3N3S/c1-15(2)9-14-7-6(17-9)4-5-16(3)8(7)10(11,12)13/h8H,4-5H2,1-3H3. The van der Waals surface area contributed by atoms with Crippen molar-refractivity contribution >= 4 is 16.5 Å². The fourth-order valence-electron chi connectivity index (χ4n) is 1.96. The molecule has 1 unspecified atom stereocenters. The first kappa shape index (κ1) is 12.6. The largest absolute Gasteiger partial charge is 0.409 e. The molecular weight excluding hydrogens is 251 g/mol. The Hall–Kier alpha value is -0.820. The fourth-order valence-corrected chi connectivity index (χ4v) is 2.96. The van der Waals surface area contributed by atoms with Crippen LogP contribution < -0.4 is 4.90 Å². The first-order chi connectivity index (χ1) is 7.80. The number of hydrogen-bond acceptors (Lipinski definition) is 4. The Balaban J connectivity index is 2.44. The molecule has 1 aromatic rings. The summed E-state index contributed by atoms with van der Waals surface area (Å²) in [6.45, 7) is 0.423. The molecule has 3 nitrogen and oxygen atoms in total. The molecule has 1 atom stereocenters. The summed E-state index contributed by atoms with van der Waals surface area (Å²) in [6, 6.07) is -1.56. The Morgan fingerprint density at radius 3 is 2.59 bits per heavy atom. The Morgan fingerprint density at radius 2 is 2.06 bits per heavy atom. The number of fused-ring (bicyclic) bond motifs is 1. The van der Waals surface area contributed by atoms with Crippen molar-refractivity contribution in [1.29, 1.82) is 0 Å². The van der Waals surface area contributed by atoms with Crippen LogP contribution in [0.5, 0.6) is 0 Å². The molecule has 0 bridgehead atoms. The molecular formula is C10H14F3N3S. The van der Waals surface area contributed by atoms with E-state index >= 15 is 0 Å². The summed E-state index contributed by atoms with van der Waals surface area (Å²) in [7, 11) is 5.07. The first-order valence-corrected chi connectivity index (χ1v) is 6.06. The van der Waals surface area contributed by atoms with Crippen molar-refractivity contribution in [2.24, 2.45) is 0 Å². The van der Waals surface area contributed by atoms with Gasteiger partial charge in [-0.25, -0.2) is 4.98 Å². The number of alkyl halides is 3. The Labute approximate surface area is 102 Å². The molecule has 1 aliphatic rings. The highest BCUT2D eigenvalue weighted by Crippen LogP contribution is 2.43. The van der Waals surface area contributed by atoms with Gasteiger partial charge in [0.15, 0.2) is 5.13 Å². The zero-order chi connectivity index (χ0) is 12.8. The number of halogens is 3. The summed E-state index contributed by atoms with van der Waals surface area (Å²) in [6.07, 6.45) is -3.62. The van der Waals surface area contributed by atoms with Gasteiger partial charge in [0.1, 0.15) is 6.04 Å². The van der Waals surface area contributed by atoms with Crippen molar-refractivity contribution in [3.63, 3.8) is 0 Å². The monoisotopic (exact) mass is 265 g/mol. The smallest absolute Gasteiger partial charge is 0.354 e. The van der Waals surface area contributed by atoms with Crippen LogP contribution in [0.15, 0.2) is 0 Å². The van der Waals surface area contributed by atoms with Gasteiger partial charge in [-0.3, -0.25) is 4.90 Å². The molecule has 0 saturated heterocycles. The number of aromatic nitrogens is 1.